The van der Waals surface area contributed by atoms with Crippen LogP contribution in [0.2, 0.25) is 0 Å². The van der Waals surface area contributed by atoms with Crippen molar-refractivity contribution < 1.29 is 19.7 Å². The van der Waals surface area contributed by atoms with Crippen molar-refractivity contribution >= 4 is 35.3 Å². The van der Waals surface area contributed by atoms with Gasteiger partial charge in [-0.25, -0.2) is 0 Å². The predicted octanol–water partition coefficient (Wildman–Crippen LogP) is 6.88. The van der Waals surface area contributed by atoms with Crippen LogP contribution in [-0.2, 0) is 0 Å². The molecule has 0 bridgehead atoms. The van der Waals surface area contributed by atoms with Crippen molar-refractivity contribution in [3.05, 3.63) is 97.1 Å². The number of rotatable bonds is 12. The Balaban J connectivity index is 1.28. The molecule has 180 valence electrons. The van der Waals surface area contributed by atoms with Crippen LogP contribution in [0, 0.1) is 0 Å². The summed E-state index contributed by atoms with van der Waals surface area (Å²) in [6.45, 7) is 0.650. The minimum Gasteiger partial charge on any atom is -0.491 e. The molecular weight excluding hydrogens is 497 g/mol. The van der Waals surface area contributed by atoms with Gasteiger partial charge >= 0.3 is 0 Å². The first kappa shape index (κ1) is 25.5. The normalized spacial score (nSPS) is 10.8. The first-order valence-electron chi connectivity index (χ1n) is 11.1. The lowest BCUT2D eigenvalue weighted by molar-refractivity contribution is 0.201. The second-order valence-electron chi connectivity index (χ2n) is 7.34. The molecule has 4 aromatic carbocycles. The highest BCUT2D eigenvalue weighted by molar-refractivity contribution is 8.00. The second-order valence-corrected chi connectivity index (χ2v) is 10.8. The molecule has 0 heterocycles. The zero-order valence-electron chi connectivity index (χ0n) is 19.0. The highest BCUT2D eigenvalue weighted by Crippen LogP contribution is 2.35. The Morgan fingerprint density at radius 2 is 0.629 bits per heavy atom. The van der Waals surface area contributed by atoms with Crippen LogP contribution in [0.5, 0.6) is 11.5 Å². The molecule has 0 aliphatic carbocycles. The summed E-state index contributed by atoms with van der Waals surface area (Å²) in [6, 6.07) is 33.0. The Kier molecular flexibility index (Phi) is 9.86. The summed E-state index contributed by atoms with van der Waals surface area (Å²) in [5.74, 6) is 1.53. The van der Waals surface area contributed by atoms with Crippen LogP contribution in [0.3, 0.4) is 0 Å². The molecule has 0 aliphatic heterocycles. The Labute approximate surface area is 218 Å². The van der Waals surface area contributed by atoms with Crippen LogP contribution in [0.25, 0.3) is 0 Å². The molecule has 0 amide bonds. The third-order valence-electron chi connectivity index (χ3n) is 4.72. The monoisotopic (exact) mass is 522 g/mol. The minimum atomic E-state index is 0.0157. The molecule has 4 nitrogen and oxygen atoms in total. The molecule has 0 spiro atoms. The van der Waals surface area contributed by atoms with Gasteiger partial charge in [0, 0.05) is 29.4 Å². The van der Waals surface area contributed by atoms with Gasteiger partial charge < -0.3 is 19.7 Å². The summed E-state index contributed by atoms with van der Waals surface area (Å²) in [7, 11) is 0. The van der Waals surface area contributed by atoms with Crippen molar-refractivity contribution in [3.8, 4) is 11.5 Å². The Bertz CT molecular complexity index is 1070. The van der Waals surface area contributed by atoms with Gasteiger partial charge in [0.1, 0.15) is 24.7 Å². The van der Waals surface area contributed by atoms with E-state index >= 15 is 0 Å². The Morgan fingerprint density at radius 3 is 0.857 bits per heavy atom. The number of aliphatic hydroxyl groups excluding tert-OH is 2. The van der Waals surface area contributed by atoms with Crippen LogP contribution < -0.4 is 9.47 Å². The summed E-state index contributed by atoms with van der Waals surface area (Å²) in [5, 5.41) is 17.7. The maximum Gasteiger partial charge on any atom is 0.119 e. The van der Waals surface area contributed by atoms with E-state index in [1.165, 1.54) is 19.6 Å². The molecular formula is C28H26O4S3. The van der Waals surface area contributed by atoms with E-state index in [2.05, 4.69) is 48.5 Å². The van der Waals surface area contributed by atoms with E-state index in [1.807, 2.05) is 48.5 Å². The van der Waals surface area contributed by atoms with E-state index in [9.17, 15) is 0 Å². The molecule has 4 aromatic rings. The number of hydrogen-bond donors (Lipinski definition) is 2. The van der Waals surface area contributed by atoms with Gasteiger partial charge in [-0.3, -0.25) is 0 Å². The smallest absolute Gasteiger partial charge is 0.119 e. The lowest BCUT2D eigenvalue weighted by Gasteiger charge is -2.08. The molecule has 0 radical (unpaired) electrons. The molecule has 0 unspecified atom stereocenters. The number of aliphatic hydroxyl groups is 2. The molecule has 2 N–H and O–H groups in total. The van der Waals surface area contributed by atoms with Gasteiger partial charge in [-0.05, 0) is 97.1 Å². The van der Waals surface area contributed by atoms with Crippen LogP contribution in [-0.4, -0.2) is 36.6 Å². The molecule has 0 saturated heterocycles. The molecule has 4 rings (SSSR count). The van der Waals surface area contributed by atoms with Crippen molar-refractivity contribution in [2.75, 3.05) is 26.4 Å². The fourth-order valence-electron chi connectivity index (χ4n) is 3.09. The third-order valence-corrected chi connectivity index (χ3v) is 7.77. The number of ether oxygens (including phenoxy) is 2. The van der Waals surface area contributed by atoms with Gasteiger partial charge in [-0.1, -0.05) is 35.3 Å². The van der Waals surface area contributed by atoms with Gasteiger partial charge in [0.15, 0.2) is 0 Å². The SMILES string of the molecule is OCCOc1ccc(Sc2ccc(Sc3ccc(Sc4ccc(OCCO)cc4)cc3)cc2)cc1. The molecule has 0 saturated carbocycles. The van der Waals surface area contributed by atoms with Gasteiger partial charge in [-0.2, -0.15) is 0 Å². The summed E-state index contributed by atoms with van der Waals surface area (Å²) >= 11 is 5.16. The van der Waals surface area contributed by atoms with Crippen molar-refractivity contribution in [2.45, 2.75) is 29.4 Å². The number of benzene rings is 4. The zero-order chi connectivity index (χ0) is 24.3. The van der Waals surface area contributed by atoms with Crippen molar-refractivity contribution in [2.24, 2.45) is 0 Å². The average molecular weight is 523 g/mol. The lowest BCUT2D eigenvalue weighted by Crippen LogP contribution is -2.01. The predicted molar refractivity (Wildman–Crippen MR) is 143 cm³/mol. The Hall–Kier alpha value is -2.55. The minimum absolute atomic E-state index is 0.0157. The highest BCUT2D eigenvalue weighted by Gasteiger charge is 2.03. The van der Waals surface area contributed by atoms with E-state index in [-0.39, 0.29) is 13.2 Å². The summed E-state index contributed by atoms with van der Waals surface area (Å²) in [6.07, 6.45) is 0. The summed E-state index contributed by atoms with van der Waals surface area (Å²) in [5.41, 5.74) is 0. The maximum absolute atomic E-state index is 8.85. The molecule has 0 aromatic heterocycles. The van der Waals surface area contributed by atoms with E-state index in [1.54, 1.807) is 35.3 Å². The topological polar surface area (TPSA) is 58.9 Å². The first-order chi connectivity index (χ1) is 17.2. The average Bonchev–Trinajstić information content (AvgIpc) is 2.90. The molecule has 35 heavy (non-hydrogen) atoms. The standard InChI is InChI=1S/C28H26O4S3/c29-17-19-31-21-1-5-23(6-2-21)33-25-9-13-27(14-10-25)35-28-15-11-26(12-16-28)34-24-7-3-22(4-8-24)32-20-18-30/h1-16,29-30H,17-20H2. The Morgan fingerprint density at radius 1 is 0.400 bits per heavy atom. The van der Waals surface area contributed by atoms with Gasteiger partial charge in [0.2, 0.25) is 0 Å². The van der Waals surface area contributed by atoms with E-state index < -0.39 is 0 Å². The quantitative estimate of drug-likeness (QED) is 0.210. The number of hydrogen-bond acceptors (Lipinski definition) is 7. The lowest BCUT2D eigenvalue weighted by atomic mass is 10.3. The second kappa shape index (κ2) is 13.5. The van der Waals surface area contributed by atoms with Crippen LogP contribution in [0.15, 0.2) is 126 Å². The third kappa shape index (κ3) is 8.26. The molecule has 0 aliphatic rings. The van der Waals surface area contributed by atoms with Gasteiger partial charge in [-0.15, -0.1) is 0 Å². The van der Waals surface area contributed by atoms with Crippen molar-refractivity contribution in [1.82, 2.24) is 0 Å². The van der Waals surface area contributed by atoms with E-state index in [0.29, 0.717) is 13.2 Å². The molecule has 0 fully saturated rings. The fraction of sp³-hybridized carbons (Fsp3) is 0.143. The molecule has 0 atom stereocenters. The van der Waals surface area contributed by atoms with Crippen molar-refractivity contribution in [3.63, 3.8) is 0 Å². The zero-order valence-corrected chi connectivity index (χ0v) is 21.5. The molecule has 7 heteroatoms. The van der Waals surface area contributed by atoms with Crippen LogP contribution in [0.4, 0.5) is 0 Å². The first-order valence-corrected chi connectivity index (χ1v) is 13.6. The van der Waals surface area contributed by atoms with Crippen LogP contribution in [0.1, 0.15) is 0 Å². The maximum atomic E-state index is 8.85. The fourth-order valence-corrected chi connectivity index (χ4v) is 5.54. The largest absolute Gasteiger partial charge is 0.491 e. The van der Waals surface area contributed by atoms with Gasteiger partial charge in [0.05, 0.1) is 13.2 Å². The highest BCUT2D eigenvalue weighted by atomic mass is 32.2. The van der Waals surface area contributed by atoms with Gasteiger partial charge in [0.25, 0.3) is 0 Å². The van der Waals surface area contributed by atoms with E-state index in [0.717, 1.165) is 21.3 Å². The summed E-state index contributed by atoms with van der Waals surface area (Å²) < 4.78 is 10.8. The van der Waals surface area contributed by atoms with Crippen molar-refractivity contribution in [1.29, 1.82) is 0 Å². The van der Waals surface area contributed by atoms with Crippen LogP contribution >= 0.6 is 35.3 Å². The summed E-state index contributed by atoms with van der Waals surface area (Å²) in [4.78, 5) is 7.03. The van der Waals surface area contributed by atoms with E-state index in [4.69, 9.17) is 19.7 Å².